The summed E-state index contributed by atoms with van der Waals surface area (Å²) >= 11 is 0. The van der Waals surface area contributed by atoms with E-state index in [0.29, 0.717) is 88.9 Å². The number of unbranched alkanes of at least 4 members (excludes halogenated alkanes) is 1. The Morgan fingerprint density at radius 1 is 0.651 bits per heavy atom. The fraction of sp³-hybridized carbons (Fsp3) is 0.339. The van der Waals surface area contributed by atoms with Gasteiger partial charge in [-0.25, -0.2) is 0 Å². The van der Waals surface area contributed by atoms with Crippen LogP contribution in [0, 0.1) is 6.42 Å². The third kappa shape index (κ3) is 15.0. The molecule has 0 radical (unpaired) electrons. The van der Waals surface area contributed by atoms with Crippen molar-refractivity contribution in [2.75, 3.05) is 47.7 Å². The first-order chi connectivity index (χ1) is 40.9. The summed E-state index contributed by atoms with van der Waals surface area (Å²) in [4.78, 5) is 109. The molecule has 5 aromatic rings. The maximum absolute atomic E-state index is 14.2. The molecule has 0 saturated heterocycles. The summed E-state index contributed by atoms with van der Waals surface area (Å²) in [6.45, 7) is 3.72. The van der Waals surface area contributed by atoms with Crippen LogP contribution in [0.25, 0.3) is 0 Å². The van der Waals surface area contributed by atoms with Gasteiger partial charge in [0.25, 0.3) is 23.6 Å². The van der Waals surface area contributed by atoms with Crippen LogP contribution in [0.3, 0.4) is 0 Å². The summed E-state index contributed by atoms with van der Waals surface area (Å²) < 4.78 is 49.9. The second-order valence-electron chi connectivity index (χ2n) is 21.1. The van der Waals surface area contributed by atoms with Gasteiger partial charge in [0.2, 0.25) is 17.7 Å². The Morgan fingerprint density at radius 3 is 1.86 bits per heavy atom. The van der Waals surface area contributed by atoms with Gasteiger partial charge in [-0.05, 0) is 117 Å². The predicted molar refractivity (Wildman–Crippen MR) is 311 cm³/mol. The average Bonchev–Trinajstić information content (AvgIpc) is 1.79. The van der Waals surface area contributed by atoms with Gasteiger partial charge in [0.05, 0.1) is 31.5 Å². The third-order valence-corrected chi connectivity index (χ3v) is 15.3. The number of anilines is 4. The van der Waals surface area contributed by atoms with Crippen LogP contribution in [-0.4, -0.2) is 116 Å². The van der Waals surface area contributed by atoms with E-state index >= 15 is 0 Å². The molecule has 7 amide bonds. The Hall–Kier alpha value is -8.38. The average molecular weight is 1200 g/mol. The fourth-order valence-electron chi connectivity index (χ4n) is 11.1. The van der Waals surface area contributed by atoms with Crippen molar-refractivity contribution in [2.24, 2.45) is 0 Å². The number of nitrogens with zero attached hydrogens (tertiary/aromatic N) is 3. The number of carbonyl (C=O) groups is 8. The largest absolute Gasteiger partial charge is 1.00 e. The first kappa shape index (κ1) is 63.6. The van der Waals surface area contributed by atoms with Crippen molar-refractivity contribution in [1.29, 1.82) is 0 Å². The molecule has 444 valence electrons. The molecular weight excluding hydrogens is 1140 g/mol. The van der Waals surface area contributed by atoms with Crippen LogP contribution in [0.15, 0.2) is 103 Å². The van der Waals surface area contributed by atoms with Crippen LogP contribution < -0.4 is 79.6 Å². The first-order valence-corrected chi connectivity index (χ1v) is 28.8. The molecule has 0 saturated carbocycles. The minimum absolute atomic E-state index is 0. The Bertz CT molecular complexity index is 3460. The molecule has 5 heterocycles. The number of ether oxygens (including phenoxy) is 4. The van der Waals surface area contributed by atoms with E-state index in [9.17, 15) is 38.4 Å². The second kappa shape index (κ2) is 28.7. The Labute approximate surface area is 520 Å². The number of fused-ring (bicyclic) bond motifs is 8. The smallest absolute Gasteiger partial charge is 0.493 e. The van der Waals surface area contributed by atoms with Crippen molar-refractivity contribution in [3.8, 4) is 23.0 Å². The maximum Gasteiger partial charge on any atom is 1.00 e. The maximum atomic E-state index is 14.2. The van der Waals surface area contributed by atoms with E-state index in [2.05, 4.69) is 33.8 Å². The number of imide groups is 1. The molecule has 86 heavy (non-hydrogen) atoms. The van der Waals surface area contributed by atoms with Gasteiger partial charge in [0.1, 0.15) is 31.1 Å². The van der Waals surface area contributed by atoms with Crippen LogP contribution in [0.2, 0.25) is 0 Å². The van der Waals surface area contributed by atoms with Gasteiger partial charge < -0.3 is 56.4 Å². The molecule has 5 aromatic carbocycles. The summed E-state index contributed by atoms with van der Waals surface area (Å²) in [5.74, 6) is -1.09. The number of benzene rings is 5. The molecule has 10 rings (SSSR count). The zero-order chi connectivity index (χ0) is 60.5. The topological polar surface area (TPSA) is 283 Å². The zero-order valence-electron chi connectivity index (χ0n) is 48.3. The molecule has 22 nitrogen and oxygen atoms in total. The number of carbonyl (C=O) groups excluding carboxylic acids is 8. The van der Waals surface area contributed by atoms with Gasteiger partial charge in [0, 0.05) is 73.2 Å². The normalized spacial score (nSPS) is 16.5. The van der Waals surface area contributed by atoms with Gasteiger partial charge in [0.15, 0.2) is 23.0 Å². The summed E-state index contributed by atoms with van der Waals surface area (Å²) in [5.41, 5.74) is 8.02. The molecule has 5 aliphatic rings. The molecule has 4 N–H and O–H groups in total. The molecule has 5 aliphatic heterocycles. The molecule has 0 spiro atoms. The van der Waals surface area contributed by atoms with Crippen LogP contribution in [0.1, 0.15) is 101 Å². The molecule has 24 heteroatoms. The van der Waals surface area contributed by atoms with Gasteiger partial charge in [-0.15, -0.1) is 12.6 Å². The van der Waals surface area contributed by atoms with E-state index < -0.39 is 40.4 Å². The number of nitrogens with one attached hydrogen (secondary N) is 4. The van der Waals surface area contributed by atoms with Crippen molar-refractivity contribution in [1.82, 2.24) is 15.5 Å². The quantitative estimate of drug-likeness (QED) is 0.0335. The van der Waals surface area contributed by atoms with E-state index in [0.717, 1.165) is 45.8 Å². The van der Waals surface area contributed by atoms with Crippen LogP contribution >= 0.6 is 0 Å². The van der Waals surface area contributed by atoms with Gasteiger partial charge in [-0.3, -0.25) is 43.3 Å². The Kier molecular flexibility index (Phi) is 21.2. The van der Waals surface area contributed by atoms with E-state index in [-0.39, 0.29) is 110 Å². The minimum atomic E-state index is -3.11. The molecular formula is C62H64N7NaO15S. The van der Waals surface area contributed by atoms with E-state index in [1.54, 1.807) is 30.3 Å². The summed E-state index contributed by atoms with van der Waals surface area (Å²) in [7, 11) is -0.0854. The van der Waals surface area contributed by atoms with Crippen molar-refractivity contribution in [2.45, 2.75) is 109 Å². The minimum Gasteiger partial charge on any atom is -0.493 e. The van der Waals surface area contributed by atoms with Gasteiger partial charge in [-0.1, -0.05) is 48.0 Å². The van der Waals surface area contributed by atoms with E-state index in [1.165, 1.54) is 40.2 Å². The van der Waals surface area contributed by atoms with E-state index in [4.69, 9.17) is 31.6 Å². The first-order valence-electron chi connectivity index (χ1n) is 27.8. The summed E-state index contributed by atoms with van der Waals surface area (Å²) in [5, 5.41) is 11.7. The number of para-hydroxylation sites is 2. The van der Waals surface area contributed by atoms with Crippen molar-refractivity contribution in [3.05, 3.63) is 149 Å². The molecule has 4 atom stereocenters. The Morgan fingerprint density at radius 2 is 1.21 bits per heavy atom. The van der Waals surface area contributed by atoms with Gasteiger partial charge in [-0.2, -0.15) is 6.42 Å². The Balaban J connectivity index is 0.00000186. The fourth-order valence-corrected chi connectivity index (χ4v) is 11.1. The number of methoxy groups -OCH3 is 2. The summed E-state index contributed by atoms with van der Waals surface area (Å²) in [6.07, 6.45) is 8.27. The van der Waals surface area contributed by atoms with Crippen LogP contribution in [0.4, 0.5) is 22.7 Å². The molecule has 0 aromatic heterocycles. The van der Waals surface area contributed by atoms with Crippen molar-refractivity contribution in [3.63, 3.8) is 0 Å². The number of hydrogen-bond donors (Lipinski definition) is 4. The molecule has 0 bridgehead atoms. The van der Waals surface area contributed by atoms with Crippen molar-refractivity contribution < 1.29 is 99.5 Å². The van der Waals surface area contributed by atoms with Crippen LogP contribution in [-0.2, 0) is 71.9 Å². The molecule has 0 unspecified atom stereocenters. The van der Waals surface area contributed by atoms with Gasteiger partial charge >= 0.3 is 40.2 Å². The number of hydrogen-bond acceptors (Lipinski definition) is 16. The number of Topliss-reactive ketones (excluding diaryl/α,β-unsaturated/α-hetero) is 1. The predicted octanol–water partition coefficient (Wildman–Crippen LogP) is 2.97. The number of ketones is 1. The zero-order valence-corrected chi connectivity index (χ0v) is 51.1. The summed E-state index contributed by atoms with van der Waals surface area (Å²) in [6, 6.07) is 26.0. The molecule has 0 aliphatic carbocycles. The number of amides is 7. The number of rotatable bonds is 22. The second-order valence-corrected chi connectivity index (χ2v) is 21.5. The van der Waals surface area contributed by atoms with Crippen molar-refractivity contribution >= 4 is 80.5 Å². The SMILES string of the molecule is COc1cc2c(cc1OCc1cc(COc3cc4c(cc3OC)C(=O)N3c5ccccc5C[C@H]3CN4)cc(NC(=O)[C@H](C)NC(=O)[C@H](C)NC(=O)CCCCC(=O)CCCN3C(=O)C=CC3=O)c1)C[CH-][C@@H]1Cc3ccccc3N1C2=O.O=S(=O)=O.[Na+]. The monoisotopic (exact) mass is 1200 g/mol. The van der Waals surface area contributed by atoms with Crippen LogP contribution in [0.5, 0.6) is 23.0 Å². The third-order valence-electron chi connectivity index (χ3n) is 15.3. The van der Waals surface area contributed by atoms with E-state index in [1.807, 2.05) is 64.4 Å². The molecule has 0 fully saturated rings. The standard InChI is InChI=1S/C62H64N7O12.Na.O3S/c1-36(64-56(71)18-10-7-14-46(70)15-11-23-67-57(72)21-22-58(67)73)59(74)65-37(2)60(75)66-43-25-38(34-80-54-29-40-19-20-44-27-41-12-5-8-16-50(41)68(44)61(76)47(40)30-52(54)78-3)24-39(26-43)35-81-55-32-49-48(31-53(55)79-4)62(77)69-45(33-63-49)28-42-13-6-9-17-51(42)69;;1-4(2)3/h5-6,8-9,12-13,16-17,20-22,24-26,29-32,36-37,44-45,63H,7,10-11,14-15,18-19,23,27-28,33-35H2,1-4H3,(H,64,71)(H,65,74)(H,66,75);;/q-1;+1;/t36-,37-,44+,45-;;/m0../s1.